The SMILES string of the molecule is CCNC(=O)C(=O)CC[C@H](NC(=O)c1nc(C2(C)CC2)no1)C(=O)Nc1cccn(CC(=O)NC2C3CCCC2CC(CCC(N)=O)C3)c1=O. The highest BCUT2D eigenvalue weighted by Gasteiger charge is 2.44. The van der Waals surface area contributed by atoms with E-state index in [4.69, 9.17) is 10.3 Å². The Hall–Kier alpha value is -4.89. The van der Waals surface area contributed by atoms with Crippen LogP contribution in [0.3, 0.4) is 0 Å². The van der Waals surface area contributed by atoms with Crippen molar-refractivity contribution in [2.75, 3.05) is 11.9 Å². The number of hydrogen-bond donors (Lipinski definition) is 5. The minimum Gasteiger partial charge on any atom is -0.370 e. The lowest BCUT2D eigenvalue weighted by Gasteiger charge is -2.46. The maximum absolute atomic E-state index is 13.5. The number of likely N-dealkylation sites (N-methyl/N-ethyl adjacent to an activating group) is 1. The van der Waals surface area contributed by atoms with Crippen molar-refractivity contribution in [1.82, 2.24) is 30.7 Å². The Morgan fingerprint density at radius 1 is 1.10 bits per heavy atom. The molecule has 5 rings (SSSR count). The molecule has 50 heavy (non-hydrogen) atoms. The van der Waals surface area contributed by atoms with E-state index in [0.717, 1.165) is 51.4 Å². The van der Waals surface area contributed by atoms with E-state index in [1.165, 1.54) is 22.9 Å². The molecular formula is C34H46N8O8. The fourth-order valence-corrected chi connectivity index (χ4v) is 7.16. The lowest BCUT2D eigenvalue weighted by molar-refractivity contribution is -0.138. The first-order valence-electron chi connectivity index (χ1n) is 17.4. The first-order valence-corrected chi connectivity index (χ1v) is 17.4. The van der Waals surface area contributed by atoms with Gasteiger partial charge in [0.25, 0.3) is 11.5 Å². The summed E-state index contributed by atoms with van der Waals surface area (Å²) in [6.45, 7) is 3.56. The number of carbonyl (C=O) groups is 6. The van der Waals surface area contributed by atoms with Crippen LogP contribution in [0.15, 0.2) is 27.6 Å². The minimum absolute atomic E-state index is 0.0202. The molecule has 3 aliphatic carbocycles. The monoisotopic (exact) mass is 694 g/mol. The molecule has 3 atom stereocenters. The van der Waals surface area contributed by atoms with E-state index in [0.29, 0.717) is 18.2 Å². The van der Waals surface area contributed by atoms with Crippen LogP contribution >= 0.6 is 0 Å². The zero-order valence-electron chi connectivity index (χ0n) is 28.5. The molecule has 6 N–H and O–H groups in total. The summed E-state index contributed by atoms with van der Waals surface area (Å²) in [7, 11) is 0. The molecule has 3 aliphatic rings. The largest absolute Gasteiger partial charge is 0.370 e. The minimum atomic E-state index is -1.36. The average molecular weight is 695 g/mol. The predicted molar refractivity (Wildman–Crippen MR) is 178 cm³/mol. The lowest BCUT2D eigenvalue weighted by Crippen LogP contribution is -2.52. The molecule has 0 spiro atoms. The number of nitrogens with one attached hydrogen (secondary N) is 4. The zero-order chi connectivity index (χ0) is 36.0. The van der Waals surface area contributed by atoms with E-state index in [1.54, 1.807) is 6.92 Å². The van der Waals surface area contributed by atoms with Gasteiger partial charge in [-0.3, -0.25) is 33.6 Å². The number of primary amides is 1. The topological polar surface area (TPSA) is 237 Å². The summed E-state index contributed by atoms with van der Waals surface area (Å²) in [5.74, 6) is -2.93. The molecule has 0 aromatic carbocycles. The number of ketones is 1. The van der Waals surface area contributed by atoms with Gasteiger partial charge in [0, 0.05) is 37.0 Å². The highest BCUT2D eigenvalue weighted by molar-refractivity contribution is 6.36. The van der Waals surface area contributed by atoms with Crippen LogP contribution in [0.4, 0.5) is 5.69 Å². The second-order valence-electron chi connectivity index (χ2n) is 14.1. The van der Waals surface area contributed by atoms with E-state index in [9.17, 15) is 33.6 Å². The van der Waals surface area contributed by atoms with Gasteiger partial charge in [0.15, 0.2) is 5.82 Å². The van der Waals surface area contributed by atoms with E-state index in [2.05, 4.69) is 31.4 Å². The van der Waals surface area contributed by atoms with Crippen molar-refractivity contribution in [3.8, 4) is 0 Å². The summed E-state index contributed by atoms with van der Waals surface area (Å²) in [4.78, 5) is 93.0. The van der Waals surface area contributed by atoms with Crippen molar-refractivity contribution < 1.29 is 33.3 Å². The molecule has 3 saturated carbocycles. The van der Waals surface area contributed by atoms with Crippen molar-refractivity contribution in [1.29, 1.82) is 0 Å². The molecule has 0 aliphatic heterocycles. The highest BCUT2D eigenvalue weighted by Crippen LogP contribution is 2.46. The molecule has 2 heterocycles. The normalized spacial score (nSPS) is 22.4. The van der Waals surface area contributed by atoms with Crippen molar-refractivity contribution >= 4 is 41.0 Å². The van der Waals surface area contributed by atoms with E-state index in [1.807, 2.05) is 6.92 Å². The number of rotatable bonds is 16. The summed E-state index contributed by atoms with van der Waals surface area (Å²) < 4.78 is 6.30. The van der Waals surface area contributed by atoms with Gasteiger partial charge in [-0.05, 0) is 88.2 Å². The Kier molecular flexibility index (Phi) is 11.5. The number of aromatic nitrogens is 3. The predicted octanol–water partition coefficient (Wildman–Crippen LogP) is 1.08. The third-order valence-corrected chi connectivity index (χ3v) is 10.2. The number of Topliss-reactive ketones (excluding diaryl/α,β-unsaturated/α-hetero) is 1. The van der Waals surface area contributed by atoms with Crippen LogP contribution in [0.1, 0.15) is 101 Å². The molecule has 3 fully saturated rings. The Balaban J connectivity index is 1.23. The van der Waals surface area contributed by atoms with Crippen LogP contribution in [0.2, 0.25) is 0 Å². The molecule has 5 amide bonds. The van der Waals surface area contributed by atoms with Gasteiger partial charge in [0.2, 0.25) is 23.5 Å². The molecular weight excluding hydrogens is 648 g/mol. The molecule has 270 valence electrons. The maximum Gasteiger partial charge on any atom is 0.315 e. The first-order chi connectivity index (χ1) is 23.9. The quantitative estimate of drug-likeness (QED) is 0.157. The summed E-state index contributed by atoms with van der Waals surface area (Å²) in [5, 5.41) is 14.4. The van der Waals surface area contributed by atoms with Crippen LogP contribution in [-0.2, 0) is 35.9 Å². The fraction of sp³-hybridized carbons (Fsp3) is 0.618. The average Bonchev–Trinajstić information content (AvgIpc) is 3.61. The third kappa shape index (κ3) is 9.01. The molecule has 2 unspecified atom stereocenters. The number of carbonyl (C=O) groups excluding carboxylic acids is 6. The van der Waals surface area contributed by atoms with Crippen molar-refractivity contribution in [2.45, 2.75) is 109 Å². The van der Waals surface area contributed by atoms with Gasteiger partial charge in [-0.25, -0.2) is 0 Å². The summed E-state index contributed by atoms with van der Waals surface area (Å²) in [6.07, 6.45) is 8.49. The fourth-order valence-electron chi connectivity index (χ4n) is 7.16. The van der Waals surface area contributed by atoms with Crippen molar-refractivity contribution in [3.63, 3.8) is 0 Å². The van der Waals surface area contributed by atoms with Crippen LogP contribution in [0, 0.1) is 17.8 Å². The summed E-state index contributed by atoms with van der Waals surface area (Å²) in [5.41, 5.74) is 4.30. The van der Waals surface area contributed by atoms with Gasteiger partial charge in [0.05, 0.1) is 0 Å². The molecule has 2 bridgehead atoms. The van der Waals surface area contributed by atoms with Crippen LogP contribution in [0.25, 0.3) is 0 Å². The highest BCUT2D eigenvalue weighted by atomic mass is 16.5. The number of nitrogens with zero attached hydrogens (tertiary/aromatic N) is 3. The molecule has 16 heteroatoms. The van der Waals surface area contributed by atoms with Gasteiger partial charge in [-0.1, -0.05) is 18.5 Å². The second-order valence-corrected chi connectivity index (χ2v) is 14.1. The zero-order valence-corrected chi connectivity index (χ0v) is 28.5. The van der Waals surface area contributed by atoms with Gasteiger partial charge >= 0.3 is 11.8 Å². The third-order valence-electron chi connectivity index (χ3n) is 10.2. The lowest BCUT2D eigenvalue weighted by atomic mass is 9.64. The number of nitrogens with two attached hydrogens (primary N) is 1. The van der Waals surface area contributed by atoms with Gasteiger partial charge in [0.1, 0.15) is 18.3 Å². The smallest absolute Gasteiger partial charge is 0.315 e. The van der Waals surface area contributed by atoms with Crippen molar-refractivity contribution in [3.05, 3.63) is 40.4 Å². The van der Waals surface area contributed by atoms with Gasteiger partial charge in [-0.2, -0.15) is 4.98 Å². The molecule has 0 saturated heterocycles. The number of anilines is 1. The van der Waals surface area contributed by atoms with Crippen molar-refractivity contribution in [2.24, 2.45) is 23.5 Å². The second kappa shape index (κ2) is 15.8. The number of amides is 5. The van der Waals surface area contributed by atoms with Crippen LogP contribution in [0.5, 0.6) is 0 Å². The number of hydrogen-bond acceptors (Lipinski definition) is 10. The Bertz CT molecular complexity index is 1670. The van der Waals surface area contributed by atoms with E-state index in [-0.39, 0.29) is 72.6 Å². The van der Waals surface area contributed by atoms with Crippen LogP contribution < -0.4 is 32.6 Å². The standard InChI is InChI=1S/C34H46N8O8/c1-3-36-29(47)24(43)11-10-22(37-30(48)31-40-33(41-50-31)34(2)13-14-34)28(46)38-23-8-5-15-42(32(23)49)18-26(45)39-27-20-6-4-7-21(27)17-19(16-20)9-12-25(35)44/h5,8,15,19-22,27H,3-4,6-7,9-14,16-18H2,1-2H3,(H2,35,44)(H,36,47)(H,37,48)(H,38,46)(H,39,45)/t19?,20?,21?,22-,27?/m0/s1. The van der Waals surface area contributed by atoms with Gasteiger partial charge < -0.3 is 36.1 Å². The molecule has 2 aromatic heterocycles. The number of pyridine rings is 1. The molecule has 16 nitrogen and oxygen atoms in total. The van der Waals surface area contributed by atoms with Gasteiger partial charge in [-0.15, -0.1) is 0 Å². The first kappa shape index (κ1) is 36.4. The molecule has 2 aromatic rings. The van der Waals surface area contributed by atoms with E-state index >= 15 is 0 Å². The Morgan fingerprint density at radius 3 is 2.48 bits per heavy atom. The maximum atomic E-state index is 13.5. The molecule has 0 radical (unpaired) electrons. The summed E-state index contributed by atoms with van der Waals surface area (Å²) in [6, 6.07) is 1.49. The van der Waals surface area contributed by atoms with Crippen LogP contribution in [-0.4, -0.2) is 68.7 Å². The Morgan fingerprint density at radius 2 is 1.82 bits per heavy atom. The Labute approximate surface area is 289 Å². The van der Waals surface area contributed by atoms with E-state index < -0.39 is 35.1 Å². The summed E-state index contributed by atoms with van der Waals surface area (Å²) >= 11 is 0. The number of fused-ring (bicyclic) bond motifs is 2.